The van der Waals surface area contributed by atoms with E-state index in [4.69, 9.17) is 16.3 Å². The summed E-state index contributed by atoms with van der Waals surface area (Å²) < 4.78 is 6.23. The molecule has 0 bridgehead atoms. The summed E-state index contributed by atoms with van der Waals surface area (Å²) in [7, 11) is 0. The Labute approximate surface area is 127 Å². The summed E-state index contributed by atoms with van der Waals surface area (Å²) in [6.45, 7) is 7.79. The molecule has 112 valence electrons. The molecule has 1 fully saturated rings. The van der Waals surface area contributed by atoms with Gasteiger partial charge in [0.15, 0.2) is 0 Å². The maximum Gasteiger partial charge on any atom is 0.119 e. The van der Waals surface area contributed by atoms with Gasteiger partial charge in [0, 0.05) is 11.1 Å². The normalized spacial score (nSPS) is 26.8. The Hall–Kier alpha value is -0.730. The molecular weight excluding hydrogens is 270 g/mol. The zero-order valence-electron chi connectivity index (χ0n) is 12.7. The Morgan fingerprint density at radius 2 is 1.95 bits per heavy atom. The van der Waals surface area contributed by atoms with Gasteiger partial charge in [0.2, 0.25) is 0 Å². The van der Waals surface area contributed by atoms with E-state index in [0.717, 1.165) is 35.6 Å². The molecule has 0 amide bonds. The van der Waals surface area contributed by atoms with Crippen molar-refractivity contribution < 1.29 is 4.74 Å². The number of likely N-dealkylation sites (N-methyl/N-ethyl adjacent to an activating group) is 1. The van der Waals surface area contributed by atoms with Crippen molar-refractivity contribution in [2.75, 3.05) is 6.54 Å². The smallest absolute Gasteiger partial charge is 0.119 e. The second-order valence-electron chi connectivity index (χ2n) is 6.09. The molecule has 1 saturated carbocycles. The van der Waals surface area contributed by atoms with E-state index in [-0.39, 0.29) is 6.10 Å². The summed E-state index contributed by atoms with van der Waals surface area (Å²) in [4.78, 5) is 0. The van der Waals surface area contributed by atoms with Crippen LogP contribution in [0.25, 0.3) is 0 Å². The highest BCUT2D eigenvalue weighted by atomic mass is 35.5. The monoisotopic (exact) mass is 295 g/mol. The molecule has 1 aromatic rings. The van der Waals surface area contributed by atoms with E-state index in [1.807, 2.05) is 24.3 Å². The van der Waals surface area contributed by atoms with Gasteiger partial charge >= 0.3 is 0 Å². The van der Waals surface area contributed by atoms with Crippen molar-refractivity contribution >= 4 is 11.6 Å². The molecule has 1 aliphatic carbocycles. The number of benzene rings is 1. The van der Waals surface area contributed by atoms with E-state index < -0.39 is 0 Å². The van der Waals surface area contributed by atoms with Gasteiger partial charge < -0.3 is 10.1 Å². The zero-order chi connectivity index (χ0) is 14.5. The molecule has 0 aromatic heterocycles. The average Bonchev–Trinajstić information content (AvgIpc) is 2.43. The summed E-state index contributed by atoms with van der Waals surface area (Å²) >= 11 is 5.93. The van der Waals surface area contributed by atoms with Gasteiger partial charge in [-0.3, -0.25) is 0 Å². The molecule has 3 heteroatoms. The van der Waals surface area contributed by atoms with Crippen LogP contribution in [0.2, 0.25) is 5.02 Å². The van der Waals surface area contributed by atoms with Crippen LogP contribution < -0.4 is 10.1 Å². The van der Waals surface area contributed by atoms with Crippen LogP contribution >= 0.6 is 11.6 Å². The first-order valence-electron chi connectivity index (χ1n) is 7.75. The Bertz CT molecular complexity index is 404. The minimum absolute atomic E-state index is 0.261. The van der Waals surface area contributed by atoms with E-state index in [1.165, 1.54) is 12.8 Å². The first kappa shape index (κ1) is 15.7. The van der Waals surface area contributed by atoms with Crippen LogP contribution in [-0.4, -0.2) is 18.7 Å². The SMILES string of the molecule is CCNC1CCC(C(C)C)CC1Oc1ccc(Cl)cc1. The molecule has 2 rings (SSSR count). The fraction of sp³-hybridized carbons (Fsp3) is 0.647. The van der Waals surface area contributed by atoms with E-state index >= 15 is 0 Å². The molecule has 1 aliphatic rings. The van der Waals surface area contributed by atoms with Crippen molar-refractivity contribution in [3.63, 3.8) is 0 Å². The molecule has 0 heterocycles. The Kier molecular flexibility index (Phi) is 5.74. The quantitative estimate of drug-likeness (QED) is 0.862. The summed E-state index contributed by atoms with van der Waals surface area (Å²) in [6.07, 6.45) is 3.90. The second kappa shape index (κ2) is 7.33. The van der Waals surface area contributed by atoms with Crippen molar-refractivity contribution in [2.24, 2.45) is 11.8 Å². The molecule has 1 N–H and O–H groups in total. The van der Waals surface area contributed by atoms with Crippen LogP contribution in [0, 0.1) is 11.8 Å². The van der Waals surface area contributed by atoms with Gasteiger partial charge in [-0.2, -0.15) is 0 Å². The third-order valence-corrected chi connectivity index (χ3v) is 4.59. The highest BCUT2D eigenvalue weighted by Crippen LogP contribution is 2.32. The van der Waals surface area contributed by atoms with Crippen molar-refractivity contribution in [2.45, 2.75) is 52.2 Å². The minimum Gasteiger partial charge on any atom is -0.489 e. The molecule has 0 radical (unpaired) electrons. The van der Waals surface area contributed by atoms with Gasteiger partial charge in [-0.15, -0.1) is 0 Å². The Morgan fingerprint density at radius 1 is 1.25 bits per heavy atom. The van der Waals surface area contributed by atoms with Crippen LogP contribution in [-0.2, 0) is 0 Å². The maximum absolute atomic E-state index is 6.23. The highest BCUT2D eigenvalue weighted by molar-refractivity contribution is 6.30. The summed E-state index contributed by atoms with van der Waals surface area (Å²) in [5.74, 6) is 2.42. The topological polar surface area (TPSA) is 21.3 Å². The fourth-order valence-corrected chi connectivity index (χ4v) is 3.21. The van der Waals surface area contributed by atoms with E-state index in [0.29, 0.717) is 6.04 Å². The van der Waals surface area contributed by atoms with Gasteiger partial charge in [0.25, 0.3) is 0 Å². The molecule has 0 aliphatic heterocycles. The summed E-state index contributed by atoms with van der Waals surface area (Å²) in [5.41, 5.74) is 0. The van der Waals surface area contributed by atoms with Crippen molar-refractivity contribution in [3.05, 3.63) is 29.3 Å². The number of ether oxygens (including phenoxy) is 1. The Morgan fingerprint density at radius 3 is 2.55 bits per heavy atom. The van der Waals surface area contributed by atoms with Gasteiger partial charge in [0.05, 0.1) is 0 Å². The Balaban J connectivity index is 2.04. The maximum atomic E-state index is 6.23. The van der Waals surface area contributed by atoms with E-state index in [2.05, 4.69) is 26.1 Å². The lowest BCUT2D eigenvalue weighted by molar-refractivity contribution is 0.0726. The van der Waals surface area contributed by atoms with Crippen LogP contribution in [0.5, 0.6) is 5.75 Å². The molecule has 3 unspecified atom stereocenters. The second-order valence-corrected chi connectivity index (χ2v) is 6.53. The molecule has 3 atom stereocenters. The predicted octanol–water partition coefficient (Wildman–Crippen LogP) is 4.52. The largest absolute Gasteiger partial charge is 0.489 e. The van der Waals surface area contributed by atoms with Gasteiger partial charge in [-0.05, 0) is 61.9 Å². The highest BCUT2D eigenvalue weighted by Gasteiger charge is 2.32. The first-order chi connectivity index (χ1) is 9.60. The van der Waals surface area contributed by atoms with Gasteiger partial charge in [-0.1, -0.05) is 32.4 Å². The standard InChI is InChI=1S/C17H26ClNO/c1-4-19-16-10-5-13(12(2)3)11-17(16)20-15-8-6-14(18)7-9-15/h6-9,12-13,16-17,19H,4-5,10-11H2,1-3H3. The lowest BCUT2D eigenvalue weighted by atomic mass is 9.78. The zero-order valence-corrected chi connectivity index (χ0v) is 13.5. The number of nitrogens with one attached hydrogen (secondary N) is 1. The van der Waals surface area contributed by atoms with E-state index in [9.17, 15) is 0 Å². The van der Waals surface area contributed by atoms with Gasteiger partial charge in [-0.25, -0.2) is 0 Å². The number of halogens is 1. The molecule has 1 aromatic carbocycles. The number of hydrogen-bond acceptors (Lipinski definition) is 2. The number of hydrogen-bond donors (Lipinski definition) is 1. The molecule has 0 saturated heterocycles. The molecule has 0 spiro atoms. The fourth-order valence-electron chi connectivity index (χ4n) is 3.08. The van der Waals surface area contributed by atoms with Crippen LogP contribution in [0.15, 0.2) is 24.3 Å². The summed E-state index contributed by atoms with van der Waals surface area (Å²) in [6, 6.07) is 8.17. The van der Waals surface area contributed by atoms with Crippen LogP contribution in [0.1, 0.15) is 40.0 Å². The van der Waals surface area contributed by atoms with E-state index in [1.54, 1.807) is 0 Å². The van der Waals surface area contributed by atoms with Gasteiger partial charge in [0.1, 0.15) is 11.9 Å². The van der Waals surface area contributed by atoms with Crippen molar-refractivity contribution in [1.82, 2.24) is 5.32 Å². The average molecular weight is 296 g/mol. The predicted molar refractivity (Wildman–Crippen MR) is 85.5 cm³/mol. The molecule has 2 nitrogen and oxygen atoms in total. The number of rotatable bonds is 5. The third-order valence-electron chi connectivity index (χ3n) is 4.34. The first-order valence-corrected chi connectivity index (χ1v) is 8.13. The summed E-state index contributed by atoms with van der Waals surface area (Å²) in [5, 5.41) is 4.33. The van der Waals surface area contributed by atoms with Crippen LogP contribution in [0.4, 0.5) is 0 Å². The van der Waals surface area contributed by atoms with Crippen molar-refractivity contribution in [3.8, 4) is 5.75 Å². The minimum atomic E-state index is 0.261. The lowest BCUT2D eigenvalue weighted by Crippen LogP contribution is -2.47. The lowest BCUT2D eigenvalue weighted by Gasteiger charge is -2.38. The molecular formula is C17H26ClNO. The molecule has 20 heavy (non-hydrogen) atoms. The van der Waals surface area contributed by atoms with Crippen molar-refractivity contribution in [1.29, 1.82) is 0 Å². The van der Waals surface area contributed by atoms with Crippen LogP contribution in [0.3, 0.4) is 0 Å². The third kappa shape index (κ3) is 4.13.